The summed E-state index contributed by atoms with van der Waals surface area (Å²) in [5.41, 5.74) is 0.0320. The van der Waals surface area contributed by atoms with Gasteiger partial charge in [0.05, 0.1) is 18.0 Å². The van der Waals surface area contributed by atoms with Gasteiger partial charge in [0.25, 0.3) is 5.91 Å². The second-order valence-corrected chi connectivity index (χ2v) is 7.56. The number of nitrogens with zero attached hydrogens (tertiary/aromatic N) is 5. The first kappa shape index (κ1) is 19.2. The Hall–Kier alpha value is -2.52. The summed E-state index contributed by atoms with van der Waals surface area (Å²) in [6.07, 6.45) is 3.63. The monoisotopic (exact) mass is 389 g/mol. The number of aromatic nitrogens is 4. The Morgan fingerprint density at radius 3 is 2.67 bits per heavy atom. The van der Waals surface area contributed by atoms with Gasteiger partial charge in [0.1, 0.15) is 17.1 Å². The number of oxazole rings is 1. The largest absolute Gasteiger partial charge is 0.446 e. The first-order valence-electron chi connectivity index (χ1n) is 8.74. The third kappa shape index (κ3) is 4.09. The van der Waals surface area contributed by atoms with Crippen LogP contribution in [0.5, 0.6) is 0 Å². The van der Waals surface area contributed by atoms with Crippen molar-refractivity contribution in [3.8, 4) is 5.00 Å². The van der Waals surface area contributed by atoms with E-state index < -0.39 is 5.60 Å². The van der Waals surface area contributed by atoms with E-state index in [0.29, 0.717) is 47.4 Å². The van der Waals surface area contributed by atoms with E-state index in [4.69, 9.17) is 4.42 Å². The SMILES string of the molecule is CCN(CCc1nc(C(C)(C)O)c(C)o1)C(=O)c1ccsc1-n1nccn1. The van der Waals surface area contributed by atoms with Crippen molar-refractivity contribution in [2.45, 2.75) is 39.7 Å². The van der Waals surface area contributed by atoms with Gasteiger partial charge in [-0.2, -0.15) is 10.2 Å². The fraction of sp³-hybridized carbons (Fsp3) is 0.444. The fourth-order valence-corrected chi connectivity index (χ4v) is 3.67. The van der Waals surface area contributed by atoms with Crippen LogP contribution in [0.1, 0.15) is 48.5 Å². The van der Waals surface area contributed by atoms with Crippen molar-refractivity contribution in [3.63, 3.8) is 0 Å². The maximum absolute atomic E-state index is 13.0. The van der Waals surface area contributed by atoms with Crippen molar-refractivity contribution in [2.24, 2.45) is 0 Å². The quantitative estimate of drug-likeness (QED) is 0.667. The molecular weight excluding hydrogens is 366 g/mol. The van der Waals surface area contributed by atoms with Gasteiger partial charge in [0.2, 0.25) is 0 Å². The highest BCUT2D eigenvalue weighted by molar-refractivity contribution is 7.12. The normalized spacial score (nSPS) is 11.7. The van der Waals surface area contributed by atoms with Crippen LogP contribution in [0.2, 0.25) is 0 Å². The lowest BCUT2D eigenvalue weighted by atomic mass is 10.0. The van der Waals surface area contributed by atoms with Crippen LogP contribution in [0.3, 0.4) is 0 Å². The van der Waals surface area contributed by atoms with E-state index in [0.717, 1.165) is 0 Å². The zero-order valence-corrected chi connectivity index (χ0v) is 16.7. The van der Waals surface area contributed by atoms with Crippen molar-refractivity contribution >= 4 is 17.2 Å². The van der Waals surface area contributed by atoms with Crippen molar-refractivity contribution in [2.75, 3.05) is 13.1 Å². The maximum atomic E-state index is 13.0. The number of hydrogen-bond donors (Lipinski definition) is 1. The molecule has 3 aromatic rings. The van der Waals surface area contributed by atoms with Gasteiger partial charge in [-0.3, -0.25) is 4.79 Å². The minimum Gasteiger partial charge on any atom is -0.446 e. The number of rotatable bonds is 7. The molecule has 0 bridgehead atoms. The first-order valence-corrected chi connectivity index (χ1v) is 9.61. The van der Waals surface area contributed by atoms with Gasteiger partial charge in [-0.15, -0.1) is 16.1 Å². The second kappa shape index (κ2) is 7.61. The lowest BCUT2D eigenvalue weighted by Gasteiger charge is -2.20. The molecule has 8 nitrogen and oxygen atoms in total. The number of carbonyl (C=O) groups is 1. The minimum atomic E-state index is -1.06. The third-order valence-electron chi connectivity index (χ3n) is 4.16. The van der Waals surface area contributed by atoms with Crippen LogP contribution < -0.4 is 0 Å². The predicted molar refractivity (Wildman–Crippen MR) is 101 cm³/mol. The Bertz CT molecular complexity index is 908. The Labute approximate surface area is 161 Å². The van der Waals surface area contributed by atoms with E-state index >= 15 is 0 Å². The molecule has 27 heavy (non-hydrogen) atoms. The fourth-order valence-electron chi connectivity index (χ4n) is 2.87. The van der Waals surface area contributed by atoms with Crippen LogP contribution >= 0.6 is 11.3 Å². The van der Waals surface area contributed by atoms with Crippen LogP contribution in [0, 0.1) is 6.92 Å². The zero-order valence-electron chi connectivity index (χ0n) is 15.8. The molecular formula is C18H23N5O3S. The van der Waals surface area contributed by atoms with E-state index in [1.807, 2.05) is 12.3 Å². The summed E-state index contributed by atoms with van der Waals surface area (Å²) < 4.78 is 5.66. The second-order valence-electron chi connectivity index (χ2n) is 6.66. The van der Waals surface area contributed by atoms with E-state index in [1.165, 1.54) is 16.1 Å². The maximum Gasteiger partial charge on any atom is 0.257 e. The summed E-state index contributed by atoms with van der Waals surface area (Å²) in [6, 6.07) is 1.79. The molecule has 0 fully saturated rings. The molecule has 3 rings (SSSR count). The van der Waals surface area contributed by atoms with Crippen molar-refractivity contribution < 1.29 is 14.3 Å². The average Bonchev–Trinajstić information content (AvgIpc) is 3.34. The molecule has 9 heteroatoms. The van der Waals surface area contributed by atoms with Gasteiger partial charge in [-0.25, -0.2) is 4.98 Å². The lowest BCUT2D eigenvalue weighted by molar-refractivity contribution is 0.0725. The molecule has 0 radical (unpaired) electrons. The standard InChI is InChI=1S/C18H23N5O3S/c1-5-22(10-6-14-21-15(12(2)26-14)18(3,4)25)16(24)13-7-11-27-17(13)23-19-8-9-20-23/h7-9,11,25H,5-6,10H2,1-4H3. The smallest absolute Gasteiger partial charge is 0.257 e. The number of hydrogen-bond acceptors (Lipinski definition) is 7. The molecule has 0 saturated carbocycles. The summed E-state index contributed by atoms with van der Waals surface area (Å²) >= 11 is 1.42. The van der Waals surface area contributed by atoms with Crippen molar-refractivity contribution in [3.05, 3.63) is 46.7 Å². The summed E-state index contributed by atoms with van der Waals surface area (Å²) in [4.78, 5) is 20.6. The Balaban J connectivity index is 1.73. The number of aliphatic hydroxyl groups is 1. The van der Waals surface area contributed by atoms with Gasteiger partial charge >= 0.3 is 0 Å². The molecule has 144 valence electrons. The van der Waals surface area contributed by atoms with E-state index in [2.05, 4.69) is 15.2 Å². The van der Waals surface area contributed by atoms with Crippen molar-refractivity contribution in [1.29, 1.82) is 0 Å². The summed E-state index contributed by atoms with van der Waals surface area (Å²) in [7, 11) is 0. The molecule has 0 aliphatic heterocycles. The highest BCUT2D eigenvalue weighted by atomic mass is 32.1. The van der Waals surface area contributed by atoms with E-state index in [1.54, 1.807) is 44.1 Å². The van der Waals surface area contributed by atoms with Crippen LogP contribution in [0.15, 0.2) is 28.3 Å². The molecule has 0 atom stereocenters. The van der Waals surface area contributed by atoms with Crippen LogP contribution in [0.25, 0.3) is 5.00 Å². The summed E-state index contributed by atoms with van der Waals surface area (Å²) in [5.74, 6) is 1.02. The molecule has 0 unspecified atom stereocenters. The van der Waals surface area contributed by atoms with E-state index in [-0.39, 0.29) is 5.91 Å². The molecule has 0 aliphatic carbocycles. The van der Waals surface area contributed by atoms with Crippen LogP contribution in [-0.2, 0) is 12.0 Å². The zero-order chi connectivity index (χ0) is 19.6. The van der Waals surface area contributed by atoms with Gasteiger partial charge in [-0.1, -0.05) is 0 Å². The molecule has 0 aliphatic rings. The lowest BCUT2D eigenvalue weighted by Crippen LogP contribution is -2.33. The topological polar surface area (TPSA) is 97.3 Å². The number of thiophene rings is 1. The first-order chi connectivity index (χ1) is 12.8. The highest BCUT2D eigenvalue weighted by Crippen LogP contribution is 2.24. The molecule has 3 aromatic heterocycles. The summed E-state index contributed by atoms with van der Waals surface area (Å²) in [6.45, 7) is 8.07. The Morgan fingerprint density at radius 1 is 1.37 bits per heavy atom. The molecule has 1 amide bonds. The molecule has 0 aromatic carbocycles. The van der Waals surface area contributed by atoms with Gasteiger partial charge in [0, 0.05) is 19.5 Å². The van der Waals surface area contributed by atoms with Crippen molar-refractivity contribution in [1.82, 2.24) is 24.9 Å². The van der Waals surface area contributed by atoms with E-state index in [9.17, 15) is 9.90 Å². The van der Waals surface area contributed by atoms with Gasteiger partial charge in [0.15, 0.2) is 10.9 Å². The molecule has 0 saturated heterocycles. The number of carbonyl (C=O) groups excluding carboxylic acids is 1. The molecule has 0 spiro atoms. The Morgan fingerprint density at radius 2 is 2.07 bits per heavy atom. The summed E-state index contributed by atoms with van der Waals surface area (Å²) in [5, 5.41) is 20.9. The molecule has 1 N–H and O–H groups in total. The highest BCUT2D eigenvalue weighted by Gasteiger charge is 2.25. The molecule has 3 heterocycles. The predicted octanol–water partition coefficient (Wildman–Crippen LogP) is 2.56. The number of aryl methyl sites for hydroxylation is 1. The van der Waals surface area contributed by atoms with Gasteiger partial charge in [-0.05, 0) is 39.1 Å². The number of likely N-dealkylation sites (N-methyl/N-ethyl adjacent to an activating group) is 1. The minimum absolute atomic E-state index is 0.0861. The third-order valence-corrected chi connectivity index (χ3v) is 5.04. The van der Waals surface area contributed by atoms with Gasteiger partial charge < -0.3 is 14.4 Å². The van der Waals surface area contributed by atoms with Crippen LogP contribution in [0.4, 0.5) is 0 Å². The Kier molecular flexibility index (Phi) is 5.43. The van der Waals surface area contributed by atoms with Crippen LogP contribution in [-0.4, -0.2) is 49.0 Å². The number of amides is 1. The average molecular weight is 389 g/mol.